The number of esters is 1. The molecule has 8 nitrogen and oxygen atoms in total. The average Bonchev–Trinajstić information content (AvgIpc) is 2.94. The third kappa shape index (κ3) is 6.39. The van der Waals surface area contributed by atoms with Gasteiger partial charge in [0, 0.05) is 5.56 Å². The quantitative estimate of drug-likeness (QED) is 0.152. The summed E-state index contributed by atoms with van der Waals surface area (Å²) < 4.78 is 17.5. The van der Waals surface area contributed by atoms with Crippen LogP contribution >= 0.6 is 23.2 Å². The van der Waals surface area contributed by atoms with Crippen LogP contribution in [0.2, 0.25) is 10.0 Å². The van der Waals surface area contributed by atoms with E-state index in [1.165, 1.54) is 24.9 Å². The maximum atomic E-state index is 13.7. The number of ether oxygens (including phenoxy) is 3. The number of nitrogens with zero attached hydrogens (tertiary/aromatic N) is 3. The number of hydrogen-bond acceptors (Lipinski definition) is 7. The number of fused-ring (bicyclic) bond motifs is 1. The molecule has 41 heavy (non-hydrogen) atoms. The largest absolute Gasteiger partial charge is 0.494 e. The highest BCUT2D eigenvalue weighted by molar-refractivity contribution is 6.37. The van der Waals surface area contributed by atoms with E-state index in [2.05, 4.69) is 18.9 Å². The fourth-order valence-corrected chi connectivity index (χ4v) is 4.95. The summed E-state index contributed by atoms with van der Waals surface area (Å²) in [6, 6.07) is 14.3. The average molecular weight is 597 g/mol. The first-order valence-electron chi connectivity index (χ1n) is 13.1. The van der Waals surface area contributed by atoms with Crippen LogP contribution in [0.15, 0.2) is 58.4 Å². The van der Waals surface area contributed by atoms with Crippen molar-refractivity contribution in [1.29, 1.82) is 0 Å². The maximum absolute atomic E-state index is 13.7. The van der Waals surface area contributed by atoms with Crippen molar-refractivity contribution < 1.29 is 19.0 Å². The summed E-state index contributed by atoms with van der Waals surface area (Å²) in [7, 11) is 1.27. The summed E-state index contributed by atoms with van der Waals surface area (Å²) in [6.07, 6.45) is 0.562. The molecule has 1 atom stereocenters. The van der Waals surface area contributed by atoms with Crippen LogP contribution in [0.25, 0.3) is 22.3 Å². The SMILES string of the molecule is CCOc1cc(C)c(-c2nc3ccccc3c(=O)n2N=Cc2cc(Cl)c(O[C@@H](C)C(=O)OC)c(Cl)c2)cc1C(C)C. The van der Waals surface area contributed by atoms with Crippen molar-refractivity contribution in [3.8, 4) is 22.9 Å². The lowest BCUT2D eigenvalue weighted by molar-refractivity contribution is -0.147. The molecule has 0 N–H and O–H groups in total. The van der Waals surface area contributed by atoms with Gasteiger partial charge in [0.05, 0.1) is 40.9 Å². The predicted octanol–water partition coefficient (Wildman–Crippen LogP) is 7.02. The van der Waals surface area contributed by atoms with Gasteiger partial charge in [-0.2, -0.15) is 9.78 Å². The lowest BCUT2D eigenvalue weighted by atomic mass is 9.96. The first kappa shape index (κ1) is 30.1. The Hall–Kier alpha value is -3.88. The van der Waals surface area contributed by atoms with Crippen molar-refractivity contribution >= 4 is 46.3 Å². The lowest BCUT2D eigenvalue weighted by Crippen LogP contribution is -2.25. The van der Waals surface area contributed by atoms with Crippen molar-refractivity contribution in [3.63, 3.8) is 0 Å². The minimum atomic E-state index is -0.910. The van der Waals surface area contributed by atoms with Crippen LogP contribution in [0.1, 0.15) is 50.3 Å². The highest BCUT2D eigenvalue weighted by Gasteiger charge is 2.20. The number of aromatic nitrogens is 2. The molecule has 4 aromatic rings. The van der Waals surface area contributed by atoms with E-state index in [1.54, 1.807) is 30.3 Å². The Morgan fingerprint density at radius 1 is 1.10 bits per heavy atom. The summed E-state index contributed by atoms with van der Waals surface area (Å²) in [4.78, 5) is 30.3. The molecule has 1 aromatic heterocycles. The van der Waals surface area contributed by atoms with Crippen LogP contribution in [-0.4, -0.2) is 41.7 Å². The number of methoxy groups -OCH3 is 1. The van der Waals surface area contributed by atoms with E-state index in [9.17, 15) is 9.59 Å². The molecule has 3 aromatic carbocycles. The molecular formula is C31H31Cl2N3O5. The molecule has 0 fully saturated rings. The van der Waals surface area contributed by atoms with Crippen molar-refractivity contribution in [2.24, 2.45) is 5.10 Å². The molecule has 10 heteroatoms. The molecule has 0 aliphatic heterocycles. The van der Waals surface area contributed by atoms with Crippen LogP contribution in [0, 0.1) is 6.92 Å². The van der Waals surface area contributed by atoms with Crippen LogP contribution in [-0.2, 0) is 9.53 Å². The van der Waals surface area contributed by atoms with Crippen LogP contribution in [0.5, 0.6) is 11.5 Å². The van der Waals surface area contributed by atoms with Crippen LogP contribution < -0.4 is 15.0 Å². The Morgan fingerprint density at radius 2 is 1.78 bits per heavy atom. The summed E-state index contributed by atoms with van der Waals surface area (Å²) >= 11 is 12.9. The third-order valence-corrected chi connectivity index (χ3v) is 7.01. The first-order valence-corrected chi connectivity index (χ1v) is 13.9. The van der Waals surface area contributed by atoms with Gasteiger partial charge in [-0.25, -0.2) is 9.78 Å². The first-order chi connectivity index (χ1) is 19.5. The molecule has 0 bridgehead atoms. The summed E-state index contributed by atoms with van der Waals surface area (Å²) in [5, 5.41) is 5.31. The monoisotopic (exact) mass is 595 g/mol. The zero-order chi connectivity index (χ0) is 29.8. The highest BCUT2D eigenvalue weighted by Crippen LogP contribution is 2.36. The van der Waals surface area contributed by atoms with E-state index in [0.717, 1.165) is 22.4 Å². The van der Waals surface area contributed by atoms with E-state index in [-0.39, 0.29) is 27.3 Å². The molecular weight excluding hydrogens is 565 g/mol. The fourth-order valence-electron chi connectivity index (χ4n) is 4.36. The van der Waals surface area contributed by atoms with Gasteiger partial charge in [-0.15, -0.1) is 0 Å². The summed E-state index contributed by atoms with van der Waals surface area (Å²) in [5.74, 6) is 0.932. The molecule has 0 aliphatic carbocycles. The Bertz CT molecular complexity index is 1670. The van der Waals surface area contributed by atoms with Gasteiger partial charge < -0.3 is 14.2 Å². The number of rotatable bonds is 9. The minimum Gasteiger partial charge on any atom is -0.494 e. The summed E-state index contributed by atoms with van der Waals surface area (Å²) in [6.45, 7) is 10.1. The number of para-hydroxylation sites is 1. The molecule has 0 radical (unpaired) electrons. The number of carbonyl (C=O) groups excluding carboxylic acids is 1. The zero-order valence-electron chi connectivity index (χ0n) is 23.7. The normalized spacial score (nSPS) is 12.2. The summed E-state index contributed by atoms with van der Waals surface area (Å²) in [5.41, 5.74) is 3.39. The third-order valence-electron chi connectivity index (χ3n) is 6.44. The lowest BCUT2D eigenvalue weighted by Gasteiger charge is -2.18. The minimum absolute atomic E-state index is 0.139. The molecule has 0 spiro atoms. The second kappa shape index (κ2) is 12.7. The van der Waals surface area contributed by atoms with Gasteiger partial charge in [0.1, 0.15) is 5.75 Å². The molecule has 0 amide bonds. The van der Waals surface area contributed by atoms with E-state index in [4.69, 9.17) is 42.4 Å². The second-order valence-corrected chi connectivity index (χ2v) is 10.5. The van der Waals surface area contributed by atoms with Crippen molar-refractivity contribution in [2.75, 3.05) is 13.7 Å². The smallest absolute Gasteiger partial charge is 0.346 e. The topological polar surface area (TPSA) is 92.0 Å². The molecule has 0 saturated carbocycles. The number of hydrogen-bond donors (Lipinski definition) is 0. The highest BCUT2D eigenvalue weighted by atomic mass is 35.5. The molecule has 214 valence electrons. The van der Waals surface area contributed by atoms with Gasteiger partial charge >= 0.3 is 5.97 Å². The molecule has 0 unspecified atom stereocenters. The Kier molecular flexibility index (Phi) is 9.35. The van der Waals surface area contributed by atoms with Crippen molar-refractivity contribution in [2.45, 2.75) is 46.6 Å². The second-order valence-electron chi connectivity index (χ2n) is 9.70. The number of benzene rings is 3. The molecule has 4 rings (SSSR count). The van der Waals surface area contributed by atoms with Gasteiger partial charge in [0.2, 0.25) is 0 Å². The Morgan fingerprint density at radius 3 is 2.41 bits per heavy atom. The number of carbonyl (C=O) groups is 1. The Balaban J connectivity index is 1.86. The maximum Gasteiger partial charge on any atom is 0.346 e. The number of aryl methyl sites for hydroxylation is 1. The molecule has 1 heterocycles. The van der Waals surface area contributed by atoms with E-state index >= 15 is 0 Å². The van der Waals surface area contributed by atoms with E-state index in [1.807, 2.05) is 32.0 Å². The van der Waals surface area contributed by atoms with E-state index < -0.39 is 12.1 Å². The van der Waals surface area contributed by atoms with Crippen molar-refractivity contribution in [3.05, 3.63) is 85.6 Å². The molecule has 0 saturated heterocycles. The predicted molar refractivity (Wildman–Crippen MR) is 163 cm³/mol. The standard InChI is InChI=1S/C31H31Cl2N3O5/c1-7-40-27-12-18(4)23(15-22(27)17(2)3)29-35-26-11-9-8-10-21(26)30(37)36(29)34-16-20-13-24(32)28(25(33)14-20)41-19(5)31(38)39-6/h8-17,19H,7H2,1-6H3/t19-/m0/s1. The Labute approximate surface area is 248 Å². The van der Waals surface area contributed by atoms with Crippen molar-refractivity contribution in [1.82, 2.24) is 9.66 Å². The fraction of sp³-hybridized carbons (Fsp3) is 0.290. The molecule has 0 aliphatic rings. The van der Waals surface area contributed by atoms with Gasteiger partial charge in [-0.1, -0.05) is 49.2 Å². The van der Waals surface area contributed by atoms with Gasteiger partial charge in [-0.3, -0.25) is 4.79 Å². The number of halogens is 2. The van der Waals surface area contributed by atoms with Gasteiger partial charge in [-0.05, 0) is 79.8 Å². The van der Waals surface area contributed by atoms with Gasteiger partial charge in [0.15, 0.2) is 17.7 Å². The zero-order valence-corrected chi connectivity index (χ0v) is 25.2. The van der Waals surface area contributed by atoms with Crippen LogP contribution in [0.3, 0.4) is 0 Å². The van der Waals surface area contributed by atoms with E-state index in [0.29, 0.717) is 28.9 Å². The van der Waals surface area contributed by atoms with Gasteiger partial charge in [0.25, 0.3) is 5.56 Å². The van der Waals surface area contributed by atoms with Crippen LogP contribution in [0.4, 0.5) is 0 Å².